The molecule has 0 saturated carbocycles. The van der Waals surface area contributed by atoms with Crippen LogP contribution < -0.4 is 10.6 Å². The molecule has 0 aliphatic carbocycles. The summed E-state index contributed by atoms with van der Waals surface area (Å²) >= 11 is 0. The minimum Gasteiger partial charge on any atom is -0.456 e. The van der Waals surface area contributed by atoms with E-state index in [9.17, 15) is 9.59 Å². The van der Waals surface area contributed by atoms with Crippen molar-refractivity contribution < 1.29 is 19.1 Å². The third-order valence-corrected chi connectivity index (χ3v) is 2.57. The van der Waals surface area contributed by atoms with Crippen LogP contribution in [0.15, 0.2) is 23.4 Å². The Balaban J connectivity index is 5.28. The molecule has 6 heteroatoms. The van der Waals surface area contributed by atoms with E-state index in [-0.39, 0.29) is 6.54 Å². The largest absolute Gasteiger partial charge is 0.456 e. The molecule has 0 radical (unpaired) electrons. The van der Waals surface area contributed by atoms with Crippen LogP contribution in [0, 0.1) is 0 Å². The van der Waals surface area contributed by atoms with Crippen molar-refractivity contribution in [1.82, 2.24) is 10.6 Å². The maximum Gasteiger partial charge on any atom is 0.407 e. The van der Waals surface area contributed by atoms with Crippen molar-refractivity contribution in [2.24, 2.45) is 0 Å². The lowest BCUT2D eigenvalue weighted by atomic mass is 10.1. The fourth-order valence-corrected chi connectivity index (χ4v) is 1.65. The van der Waals surface area contributed by atoms with Gasteiger partial charge in [-0.25, -0.2) is 9.59 Å². The fraction of sp³-hybridized carbons (Fsp3) is 0.667. The molecule has 24 heavy (non-hydrogen) atoms. The van der Waals surface area contributed by atoms with Crippen molar-refractivity contribution >= 4 is 12.1 Å². The van der Waals surface area contributed by atoms with Crippen LogP contribution >= 0.6 is 0 Å². The van der Waals surface area contributed by atoms with E-state index in [1.165, 1.54) is 0 Å². The first-order chi connectivity index (χ1) is 10.9. The van der Waals surface area contributed by atoms with E-state index in [0.29, 0.717) is 11.3 Å². The third kappa shape index (κ3) is 9.92. The second kappa shape index (κ2) is 9.35. The first-order valence-electron chi connectivity index (χ1n) is 8.17. The normalized spacial score (nSPS) is 13.3. The van der Waals surface area contributed by atoms with E-state index in [4.69, 9.17) is 9.47 Å². The first-order valence-corrected chi connectivity index (χ1v) is 8.17. The van der Waals surface area contributed by atoms with Gasteiger partial charge in [0, 0.05) is 12.7 Å². The summed E-state index contributed by atoms with van der Waals surface area (Å²) < 4.78 is 10.6. The summed E-state index contributed by atoms with van der Waals surface area (Å²) in [5, 5.41) is 5.59. The topological polar surface area (TPSA) is 76.7 Å². The lowest BCUT2D eigenvalue weighted by molar-refractivity contribution is -0.149. The van der Waals surface area contributed by atoms with Crippen molar-refractivity contribution in [1.29, 1.82) is 0 Å². The second-order valence-corrected chi connectivity index (χ2v) is 7.31. The predicted molar refractivity (Wildman–Crippen MR) is 95.6 cm³/mol. The number of carbonyl (C=O) groups excluding carboxylic acids is 2. The highest BCUT2D eigenvalue weighted by atomic mass is 16.6. The minimum absolute atomic E-state index is 0.133. The van der Waals surface area contributed by atoms with Crippen molar-refractivity contribution in [3.63, 3.8) is 0 Å². The van der Waals surface area contributed by atoms with Gasteiger partial charge in [-0.15, -0.1) is 0 Å². The average molecular weight is 340 g/mol. The van der Waals surface area contributed by atoms with Crippen LogP contribution in [0.1, 0.15) is 54.9 Å². The van der Waals surface area contributed by atoms with Crippen molar-refractivity contribution in [3.05, 3.63) is 23.4 Å². The third-order valence-electron chi connectivity index (χ3n) is 2.57. The SMILES string of the molecule is CC/C=C/C(C(=O)OC(C)(C)C)=C(/CNC(=O)OC(C)(C)C)NC. The van der Waals surface area contributed by atoms with Gasteiger partial charge in [-0.2, -0.15) is 0 Å². The number of esters is 1. The molecule has 0 fully saturated rings. The lowest BCUT2D eigenvalue weighted by Crippen LogP contribution is -2.36. The Morgan fingerprint density at radius 3 is 1.96 bits per heavy atom. The summed E-state index contributed by atoms with van der Waals surface area (Å²) in [6, 6.07) is 0. The molecule has 0 bridgehead atoms. The van der Waals surface area contributed by atoms with E-state index >= 15 is 0 Å². The van der Waals surface area contributed by atoms with E-state index in [1.54, 1.807) is 33.9 Å². The highest BCUT2D eigenvalue weighted by Gasteiger charge is 2.22. The zero-order chi connectivity index (χ0) is 19.0. The quantitative estimate of drug-likeness (QED) is 0.441. The van der Waals surface area contributed by atoms with Crippen LogP contribution in [-0.4, -0.2) is 36.9 Å². The lowest BCUT2D eigenvalue weighted by Gasteiger charge is -2.22. The molecule has 0 aromatic rings. The van der Waals surface area contributed by atoms with E-state index in [2.05, 4.69) is 10.6 Å². The summed E-state index contributed by atoms with van der Waals surface area (Å²) in [4.78, 5) is 24.2. The highest BCUT2D eigenvalue weighted by molar-refractivity contribution is 5.92. The number of rotatable bonds is 6. The van der Waals surface area contributed by atoms with E-state index in [0.717, 1.165) is 6.42 Å². The van der Waals surface area contributed by atoms with Crippen LogP contribution in [-0.2, 0) is 14.3 Å². The van der Waals surface area contributed by atoms with Gasteiger partial charge in [0.1, 0.15) is 11.2 Å². The van der Waals surface area contributed by atoms with Crippen molar-refractivity contribution in [3.8, 4) is 0 Å². The molecule has 0 unspecified atom stereocenters. The van der Waals surface area contributed by atoms with Crippen molar-refractivity contribution in [2.45, 2.75) is 66.1 Å². The zero-order valence-corrected chi connectivity index (χ0v) is 16.2. The number of allylic oxidation sites excluding steroid dienone is 1. The number of nitrogens with one attached hydrogen (secondary N) is 2. The molecule has 2 N–H and O–H groups in total. The van der Waals surface area contributed by atoms with E-state index < -0.39 is 23.3 Å². The van der Waals surface area contributed by atoms with Gasteiger partial charge in [0.05, 0.1) is 12.1 Å². The number of hydrogen-bond donors (Lipinski definition) is 2. The molecule has 138 valence electrons. The summed E-state index contributed by atoms with van der Waals surface area (Å²) in [6.07, 6.45) is 3.81. The van der Waals surface area contributed by atoms with Crippen LogP contribution in [0.2, 0.25) is 0 Å². The molecule has 0 aromatic heterocycles. The van der Waals surface area contributed by atoms with E-state index in [1.807, 2.05) is 33.8 Å². The Kier molecular flexibility index (Phi) is 8.58. The molecular formula is C18H32N2O4. The molecule has 6 nitrogen and oxygen atoms in total. The molecule has 0 spiro atoms. The van der Waals surface area contributed by atoms with Crippen molar-refractivity contribution in [2.75, 3.05) is 13.6 Å². The van der Waals surface area contributed by atoms with Gasteiger partial charge in [-0.3, -0.25) is 0 Å². The summed E-state index contributed by atoms with van der Waals surface area (Å²) in [5.74, 6) is -0.442. The number of likely N-dealkylation sites (N-methyl/N-ethyl adjacent to an activating group) is 1. The number of alkyl carbamates (subject to hydrolysis) is 1. The number of hydrogen-bond acceptors (Lipinski definition) is 5. The molecule has 1 amide bonds. The van der Waals surface area contributed by atoms with Gasteiger partial charge < -0.3 is 20.1 Å². The summed E-state index contributed by atoms with van der Waals surface area (Å²) in [6.45, 7) is 12.9. The maximum absolute atomic E-state index is 12.4. The molecule has 0 aromatic carbocycles. The highest BCUT2D eigenvalue weighted by Crippen LogP contribution is 2.14. The molecule has 0 aliphatic rings. The predicted octanol–water partition coefficient (Wildman–Crippen LogP) is 3.29. The Labute approximate surface area is 145 Å². The Morgan fingerprint density at radius 1 is 1.00 bits per heavy atom. The zero-order valence-electron chi connectivity index (χ0n) is 16.2. The minimum atomic E-state index is -0.597. The number of ether oxygens (including phenoxy) is 2. The van der Waals surface area contributed by atoms with Crippen LogP contribution in [0.3, 0.4) is 0 Å². The van der Waals surface area contributed by atoms with Gasteiger partial charge in [0.15, 0.2) is 0 Å². The monoisotopic (exact) mass is 340 g/mol. The van der Waals surface area contributed by atoms with Gasteiger partial charge in [0.2, 0.25) is 0 Å². The van der Waals surface area contributed by atoms with Crippen LogP contribution in [0.5, 0.6) is 0 Å². The molecule has 0 atom stereocenters. The maximum atomic E-state index is 12.4. The summed E-state index contributed by atoms with van der Waals surface area (Å²) in [7, 11) is 1.69. The summed E-state index contributed by atoms with van der Waals surface area (Å²) in [5.41, 5.74) is -0.242. The fourth-order valence-electron chi connectivity index (χ4n) is 1.65. The molecule has 0 saturated heterocycles. The molecule has 0 aliphatic heterocycles. The van der Waals surface area contributed by atoms with Gasteiger partial charge >= 0.3 is 12.1 Å². The van der Waals surface area contributed by atoms with Gasteiger partial charge in [-0.1, -0.05) is 13.0 Å². The smallest absolute Gasteiger partial charge is 0.407 e. The van der Waals surface area contributed by atoms with Gasteiger partial charge in [0.25, 0.3) is 0 Å². The first kappa shape index (κ1) is 22.0. The average Bonchev–Trinajstić information content (AvgIpc) is 2.38. The number of amides is 1. The molecule has 0 heterocycles. The second-order valence-electron chi connectivity index (χ2n) is 7.31. The van der Waals surface area contributed by atoms with Crippen LogP contribution in [0.25, 0.3) is 0 Å². The van der Waals surface area contributed by atoms with Gasteiger partial charge in [-0.05, 0) is 54.0 Å². The van der Waals surface area contributed by atoms with Crippen LogP contribution in [0.4, 0.5) is 4.79 Å². The Morgan fingerprint density at radius 2 is 1.54 bits per heavy atom. The standard InChI is InChI=1S/C18H32N2O4/c1-9-10-11-13(15(21)23-17(2,3)4)14(19-8)12-20-16(22)24-18(5,6)7/h10-11,19H,9,12H2,1-8H3,(H,20,22)/b11-10+,14-13+. The Hall–Kier alpha value is -1.98. The molecule has 0 rings (SSSR count). The Bertz CT molecular complexity index is 494. The molecular weight excluding hydrogens is 308 g/mol. The number of carbonyl (C=O) groups is 2.